The normalized spacial score (nSPS) is 13.8. The van der Waals surface area contributed by atoms with Gasteiger partial charge in [0, 0.05) is 32.5 Å². The largest absolute Gasteiger partial charge is 0.380 e. The van der Waals surface area contributed by atoms with E-state index in [1.807, 2.05) is 4.90 Å². The minimum absolute atomic E-state index is 0.0546. The highest BCUT2D eigenvalue weighted by Gasteiger charge is 2.24. The average molecular weight is 299 g/mol. The van der Waals surface area contributed by atoms with Gasteiger partial charge in [0.15, 0.2) is 0 Å². The first-order chi connectivity index (χ1) is 10.7. The van der Waals surface area contributed by atoms with Crippen LogP contribution in [0.25, 0.3) is 0 Å². The van der Waals surface area contributed by atoms with Gasteiger partial charge in [0.05, 0.1) is 11.5 Å². The molecule has 0 saturated carbocycles. The Morgan fingerprint density at radius 3 is 3.00 bits per heavy atom. The number of methoxy groups -OCH3 is 1. The maximum Gasteiger partial charge on any atom is 0.311 e. The highest BCUT2D eigenvalue weighted by Crippen LogP contribution is 2.30. The number of fused-ring (bicyclic) bond motifs is 1. The SMILES string of the molecule is COCc1ccc2c(c1)CN(c1ncccc1[N+](=O)[O-])CC2. The summed E-state index contributed by atoms with van der Waals surface area (Å²) in [4.78, 5) is 17.0. The maximum atomic E-state index is 11.2. The summed E-state index contributed by atoms with van der Waals surface area (Å²) in [7, 11) is 1.67. The Balaban J connectivity index is 1.91. The molecule has 0 radical (unpaired) electrons. The molecule has 1 aliphatic heterocycles. The number of aromatic nitrogens is 1. The van der Waals surface area contributed by atoms with Gasteiger partial charge in [-0.1, -0.05) is 18.2 Å². The fourth-order valence-electron chi connectivity index (χ4n) is 2.82. The van der Waals surface area contributed by atoms with Gasteiger partial charge in [-0.05, 0) is 29.2 Å². The molecule has 22 heavy (non-hydrogen) atoms. The Hall–Kier alpha value is -2.47. The lowest BCUT2D eigenvalue weighted by Crippen LogP contribution is -2.31. The third-order valence-corrected chi connectivity index (χ3v) is 3.86. The monoisotopic (exact) mass is 299 g/mol. The van der Waals surface area contributed by atoms with E-state index >= 15 is 0 Å². The molecular formula is C16H17N3O3. The zero-order valence-corrected chi connectivity index (χ0v) is 12.4. The summed E-state index contributed by atoms with van der Waals surface area (Å²) < 4.78 is 5.17. The van der Waals surface area contributed by atoms with Crippen molar-refractivity contribution < 1.29 is 9.66 Å². The van der Waals surface area contributed by atoms with Gasteiger partial charge >= 0.3 is 5.69 Å². The van der Waals surface area contributed by atoms with Crippen molar-refractivity contribution in [3.63, 3.8) is 0 Å². The molecule has 0 aliphatic carbocycles. The minimum Gasteiger partial charge on any atom is -0.380 e. The van der Waals surface area contributed by atoms with Gasteiger partial charge in [-0.2, -0.15) is 0 Å². The molecule has 0 fully saturated rings. The predicted molar refractivity (Wildman–Crippen MR) is 82.8 cm³/mol. The lowest BCUT2D eigenvalue weighted by molar-refractivity contribution is -0.384. The first-order valence-corrected chi connectivity index (χ1v) is 7.13. The third kappa shape index (κ3) is 2.78. The molecule has 0 bridgehead atoms. The van der Waals surface area contributed by atoms with Crippen LogP contribution in [-0.4, -0.2) is 23.6 Å². The molecule has 1 aromatic heterocycles. The number of anilines is 1. The maximum absolute atomic E-state index is 11.2. The first kappa shape index (κ1) is 14.5. The second-order valence-electron chi connectivity index (χ2n) is 5.31. The van der Waals surface area contributed by atoms with Gasteiger partial charge in [-0.25, -0.2) is 4.98 Å². The molecule has 0 N–H and O–H groups in total. The number of pyridine rings is 1. The lowest BCUT2D eigenvalue weighted by Gasteiger charge is -2.29. The summed E-state index contributed by atoms with van der Waals surface area (Å²) in [5.41, 5.74) is 3.63. The van der Waals surface area contributed by atoms with Crippen LogP contribution >= 0.6 is 0 Å². The van der Waals surface area contributed by atoms with E-state index in [1.165, 1.54) is 17.2 Å². The fraction of sp³-hybridized carbons (Fsp3) is 0.312. The molecule has 1 aromatic carbocycles. The van der Waals surface area contributed by atoms with Gasteiger partial charge in [0.2, 0.25) is 5.82 Å². The van der Waals surface area contributed by atoms with E-state index in [-0.39, 0.29) is 10.6 Å². The second kappa shape index (κ2) is 6.11. The zero-order valence-electron chi connectivity index (χ0n) is 12.4. The Bertz CT molecular complexity index is 703. The Morgan fingerprint density at radius 2 is 2.23 bits per heavy atom. The van der Waals surface area contributed by atoms with Gasteiger partial charge in [0.25, 0.3) is 0 Å². The first-order valence-electron chi connectivity index (χ1n) is 7.13. The summed E-state index contributed by atoms with van der Waals surface area (Å²) in [6.07, 6.45) is 2.45. The lowest BCUT2D eigenvalue weighted by atomic mass is 9.97. The van der Waals surface area contributed by atoms with Crippen LogP contribution in [0, 0.1) is 10.1 Å². The van der Waals surface area contributed by atoms with Crippen LogP contribution in [0.15, 0.2) is 36.5 Å². The number of benzene rings is 1. The van der Waals surface area contributed by atoms with E-state index in [9.17, 15) is 10.1 Å². The summed E-state index contributed by atoms with van der Waals surface area (Å²) in [5, 5.41) is 11.2. The van der Waals surface area contributed by atoms with Gasteiger partial charge in [-0.15, -0.1) is 0 Å². The number of nitro groups is 1. The van der Waals surface area contributed by atoms with Crippen LogP contribution < -0.4 is 4.90 Å². The molecule has 0 atom stereocenters. The molecule has 0 spiro atoms. The van der Waals surface area contributed by atoms with E-state index in [1.54, 1.807) is 19.4 Å². The zero-order chi connectivity index (χ0) is 15.5. The second-order valence-corrected chi connectivity index (χ2v) is 5.31. The van der Waals surface area contributed by atoms with Crippen molar-refractivity contribution in [3.8, 4) is 0 Å². The van der Waals surface area contributed by atoms with Gasteiger partial charge in [-0.3, -0.25) is 10.1 Å². The predicted octanol–water partition coefficient (Wildman–Crippen LogP) is 2.70. The van der Waals surface area contributed by atoms with E-state index in [4.69, 9.17) is 4.74 Å². The van der Waals surface area contributed by atoms with Crippen molar-refractivity contribution in [3.05, 3.63) is 63.3 Å². The van der Waals surface area contributed by atoms with E-state index in [2.05, 4.69) is 23.2 Å². The molecule has 6 nitrogen and oxygen atoms in total. The molecule has 3 rings (SSSR count). The van der Waals surface area contributed by atoms with Crippen molar-refractivity contribution in [2.24, 2.45) is 0 Å². The quantitative estimate of drug-likeness (QED) is 0.641. The smallest absolute Gasteiger partial charge is 0.311 e. The van der Waals surface area contributed by atoms with Crippen LogP contribution in [0.3, 0.4) is 0 Å². The molecule has 1 aliphatic rings. The van der Waals surface area contributed by atoms with Crippen molar-refractivity contribution >= 4 is 11.5 Å². The number of rotatable bonds is 4. The molecule has 6 heteroatoms. The van der Waals surface area contributed by atoms with Crippen molar-refractivity contribution in [1.82, 2.24) is 4.98 Å². The molecule has 0 unspecified atom stereocenters. The Kier molecular flexibility index (Phi) is 4.02. The molecular weight excluding hydrogens is 282 g/mol. The van der Waals surface area contributed by atoms with E-state index in [0.29, 0.717) is 19.0 Å². The van der Waals surface area contributed by atoms with E-state index < -0.39 is 0 Å². The molecule has 114 valence electrons. The van der Waals surface area contributed by atoms with Gasteiger partial charge in [0.1, 0.15) is 0 Å². The third-order valence-electron chi connectivity index (χ3n) is 3.86. The number of ether oxygens (including phenoxy) is 1. The van der Waals surface area contributed by atoms with Crippen LogP contribution in [0.1, 0.15) is 16.7 Å². The Morgan fingerprint density at radius 1 is 1.36 bits per heavy atom. The van der Waals surface area contributed by atoms with Crippen LogP contribution in [0.2, 0.25) is 0 Å². The van der Waals surface area contributed by atoms with Gasteiger partial charge < -0.3 is 9.64 Å². The summed E-state index contributed by atoms with van der Waals surface area (Å²) in [6, 6.07) is 9.39. The fourth-order valence-corrected chi connectivity index (χ4v) is 2.82. The minimum atomic E-state index is -0.376. The molecule has 0 amide bonds. The van der Waals surface area contributed by atoms with E-state index in [0.717, 1.165) is 18.5 Å². The summed E-state index contributed by atoms with van der Waals surface area (Å²) >= 11 is 0. The average Bonchev–Trinajstić information content (AvgIpc) is 2.54. The molecule has 0 saturated heterocycles. The summed E-state index contributed by atoms with van der Waals surface area (Å²) in [5.74, 6) is 0.440. The van der Waals surface area contributed by atoms with Crippen LogP contribution in [-0.2, 0) is 24.3 Å². The van der Waals surface area contributed by atoms with Crippen molar-refractivity contribution in [1.29, 1.82) is 0 Å². The summed E-state index contributed by atoms with van der Waals surface area (Å²) in [6.45, 7) is 1.93. The number of hydrogen-bond acceptors (Lipinski definition) is 5. The molecule has 2 aromatic rings. The molecule has 2 heterocycles. The number of nitrogens with zero attached hydrogens (tertiary/aromatic N) is 3. The standard InChI is InChI=1S/C16H17N3O3/c1-22-11-12-4-5-13-6-8-18(10-14(13)9-12)16-15(19(20)21)3-2-7-17-16/h2-5,7,9H,6,8,10-11H2,1H3. The highest BCUT2D eigenvalue weighted by atomic mass is 16.6. The van der Waals surface area contributed by atoms with Crippen LogP contribution in [0.5, 0.6) is 0 Å². The van der Waals surface area contributed by atoms with Crippen molar-refractivity contribution in [2.45, 2.75) is 19.6 Å². The van der Waals surface area contributed by atoms with Crippen molar-refractivity contribution in [2.75, 3.05) is 18.6 Å². The number of hydrogen-bond donors (Lipinski definition) is 0. The highest BCUT2D eigenvalue weighted by molar-refractivity contribution is 5.58. The van der Waals surface area contributed by atoms with Crippen LogP contribution in [0.4, 0.5) is 11.5 Å². The topological polar surface area (TPSA) is 68.5 Å². The Labute approximate surface area is 128 Å².